The predicted molar refractivity (Wildman–Crippen MR) is 95.2 cm³/mol. The van der Waals surface area contributed by atoms with Gasteiger partial charge in [-0.25, -0.2) is 0 Å². The van der Waals surface area contributed by atoms with Crippen LogP contribution in [0.3, 0.4) is 0 Å². The summed E-state index contributed by atoms with van der Waals surface area (Å²) in [6.45, 7) is 2.22. The molecule has 1 rings (SSSR count). The number of rotatable bonds is 12. The molecule has 0 aromatic heterocycles. The maximum atomic E-state index is 11.8. The van der Waals surface area contributed by atoms with Crippen LogP contribution in [0.4, 0.5) is 0 Å². The molecule has 0 amide bonds. The molecule has 0 atom stereocenters. The van der Waals surface area contributed by atoms with Crippen LogP contribution in [0.25, 0.3) is 0 Å². The average Bonchev–Trinajstić information content (AvgIpc) is 2.46. The van der Waals surface area contributed by atoms with Crippen LogP contribution in [0.2, 0.25) is 0 Å². The fourth-order valence-electron chi connectivity index (χ4n) is 2.25. The summed E-state index contributed by atoms with van der Waals surface area (Å²) in [5.41, 5.74) is 0. The van der Waals surface area contributed by atoms with E-state index >= 15 is 0 Å². The molecule has 0 spiro atoms. The predicted octanol–water partition coefficient (Wildman–Crippen LogP) is 4.28. The molecule has 0 N–H and O–H groups in total. The molecule has 0 radical (unpaired) electrons. The molecule has 22 heavy (non-hydrogen) atoms. The molecule has 0 fully saturated rings. The van der Waals surface area contributed by atoms with Crippen molar-refractivity contribution in [1.82, 2.24) is 0 Å². The molecule has 3 nitrogen and oxygen atoms in total. The van der Waals surface area contributed by atoms with Crippen LogP contribution >= 0.6 is 0 Å². The Hall–Kier alpha value is -0.0300. The first-order chi connectivity index (χ1) is 10.1. The van der Waals surface area contributed by atoms with E-state index in [4.69, 9.17) is 4.18 Å². The third-order valence-electron chi connectivity index (χ3n) is 3.46. The van der Waals surface area contributed by atoms with E-state index in [1.54, 1.807) is 24.3 Å². The van der Waals surface area contributed by atoms with Gasteiger partial charge in [0.2, 0.25) is 0 Å². The molecule has 0 aliphatic carbocycles. The van der Waals surface area contributed by atoms with E-state index in [1.165, 1.54) is 38.5 Å². The van der Waals surface area contributed by atoms with Gasteiger partial charge in [0.1, 0.15) is 5.75 Å². The monoisotopic (exact) mass is 336 g/mol. The second kappa shape index (κ2) is 13.4. The Morgan fingerprint density at radius 2 is 1.32 bits per heavy atom. The molecule has 1 aromatic rings. The third kappa shape index (κ3) is 11.5. The Morgan fingerprint density at radius 1 is 0.818 bits per heavy atom. The van der Waals surface area contributed by atoms with Crippen LogP contribution in [0, 0.1) is 0 Å². The molecule has 0 bridgehead atoms. The van der Waals surface area contributed by atoms with Crippen molar-refractivity contribution in [2.75, 3.05) is 5.75 Å². The average molecular weight is 336 g/mol. The van der Waals surface area contributed by atoms with Crippen molar-refractivity contribution in [3.8, 4) is 5.75 Å². The quantitative estimate of drug-likeness (QED) is 0.325. The van der Waals surface area contributed by atoms with Gasteiger partial charge in [-0.15, -0.1) is 0 Å². The van der Waals surface area contributed by atoms with Gasteiger partial charge in [0.15, 0.2) is 0 Å². The van der Waals surface area contributed by atoms with Crippen LogP contribution in [0.5, 0.6) is 5.75 Å². The summed E-state index contributed by atoms with van der Waals surface area (Å²) in [6, 6.07) is 8.69. The summed E-state index contributed by atoms with van der Waals surface area (Å²) in [4.78, 5) is 0. The van der Waals surface area contributed by atoms with Gasteiger partial charge in [-0.2, -0.15) is 8.42 Å². The molecule has 0 saturated carbocycles. The van der Waals surface area contributed by atoms with Crippen molar-refractivity contribution in [1.29, 1.82) is 0 Å². The van der Waals surface area contributed by atoms with Gasteiger partial charge in [0.25, 0.3) is 0 Å². The fraction of sp³-hybridized carbons (Fsp3) is 0.647. The first-order valence-corrected chi connectivity index (χ1v) is 9.69. The van der Waals surface area contributed by atoms with E-state index in [1.807, 2.05) is 6.07 Å². The number of hydrogen-bond acceptors (Lipinski definition) is 3. The van der Waals surface area contributed by atoms with Crippen molar-refractivity contribution < 1.29 is 12.6 Å². The number of unbranched alkanes of at least 4 members (excludes halogenated alkanes) is 8. The number of hydrogen-bond donors (Lipinski definition) is 0. The fourth-order valence-corrected chi connectivity index (χ4v) is 3.30. The molecule has 0 unspecified atom stereocenters. The molecule has 122 valence electrons. The molecular formula is C17H29NaO3S. The first-order valence-electron chi connectivity index (χ1n) is 8.11. The SMILES string of the molecule is CCCCCCCCCCCS(=O)(=O)Oc1ccccc1.[NaH]. The summed E-state index contributed by atoms with van der Waals surface area (Å²) < 4.78 is 28.6. The van der Waals surface area contributed by atoms with E-state index in [2.05, 4.69) is 6.92 Å². The van der Waals surface area contributed by atoms with Gasteiger partial charge in [-0.05, 0) is 18.6 Å². The third-order valence-corrected chi connectivity index (χ3v) is 4.70. The second-order valence-electron chi connectivity index (χ2n) is 5.49. The summed E-state index contributed by atoms with van der Waals surface area (Å²) in [5.74, 6) is 0.506. The maximum absolute atomic E-state index is 11.8. The van der Waals surface area contributed by atoms with Gasteiger partial charge < -0.3 is 4.18 Å². The minimum atomic E-state index is -3.44. The Morgan fingerprint density at radius 3 is 1.86 bits per heavy atom. The molecule has 0 heterocycles. The van der Waals surface area contributed by atoms with Crippen LogP contribution in [-0.4, -0.2) is 43.7 Å². The van der Waals surface area contributed by atoms with E-state index in [0.29, 0.717) is 12.2 Å². The molecular weight excluding hydrogens is 307 g/mol. The van der Waals surface area contributed by atoms with Crippen LogP contribution in [-0.2, 0) is 10.1 Å². The number of benzene rings is 1. The Kier molecular flexibility index (Phi) is 13.4. The number of para-hydroxylation sites is 1. The van der Waals surface area contributed by atoms with E-state index in [9.17, 15) is 8.42 Å². The van der Waals surface area contributed by atoms with Gasteiger partial charge in [0.05, 0.1) is 5.75 Å². The zero-order chi connectivity index (χ0) is 15.4. The Balaban J connectivity index is 0.00000441. The molecule has 0 saturated heterocycles. The van der Waals surface area contributed by atoms with E-state index in [-0.39, 0.29) is 35.3 Å². The molecule has 0 aliphatic rings. The second-order valence-corrected chi connectivity index (χ2v) is 7.18. The van der Waals surface area contributed by atoms with Crippen molar-refractivity contribution in [2.45, 2.75) is 64.7 Å². The standard InChI is InChI=1S/C17H28O3S.Na.H/c1-2-3-4-5-6-7-8-9-13-16-21(18,19)20-17-14-11-10-12-15-17;;/h10-12,14-15H,2-9,13,16H2,1H3;;. The minimum absolute atomic E-state index is 0. The van der Waals surface area contributed by atoms with Crippen LogP contribution in [0.15, 0.2) is 30.3 Å². The topological polar surface area (TPSA) is 43.4 Å². The first kappa shape index (κ1) is 22.0. The molecule has 0 aliphatic heterocycles. The molecule has 1 aromatic carbocycles. The summed E-state index contributed by atoms with van der Waals surface area (Å²) in [7, 11) is -3.44. The zero-order valence-electron chi connectivity index (χ0n) is 13.1. The van der Waals surface area contributed by atoms with E-state index in [0.717, 1.165) is 12.8 Å². The van der Waals surface area contributed by atoms with Crippen molar-refractivity contribution >= 4 is 39.7 Å². The van der Waals surface area contributed by atoms with E-state index < -0.39 is 10.1 Å². The van der Waals surface area contributed by atoms with Gasteiger partial charge in [0, 0.05) is 0 Å². The van der Waals surface area contributed by atoms with Gasteiger partial charge in [-0.3, -0.25) is 0 Å². The van der Waals surface area contributed by atoms with Crippen LogP contribution in [0.1, 0.15) is 64.7 Å². The van der Waals surface area contributed by atoms with Gasteiger partial charge >= 0.3 is 39.7 Å². The van der Waals surface area contributed by atoms with Crippen molar-refractivity contribution in [2.24, 2.45) is 0 Å². The Labute approximate surface area is 158 Å². The normalized spacial score (nSPS) is 11.0. The Bertz CT molecular complexity index is 460. The van der Waals surface area contributed by atoms with Crippen molar-refractivity contribution in [3.63, 3.8) is 0 Å². The summed E-state index contributed by atoms with van der Waals surface area (Å²) in [6.07, 6.45) is 10.5. The van der Waals surface area contributed by atoms with Crippen molar-refractivity contribution in [3.05, 3.63) is 30.3 Å². The summed E-state index contributed by atoms with van der Waals surface area (Å²) in [5, 5.41) is 0. The molecule has 5 heteroatoms. The summed E-state index contributed by atoms with van der Waals surface area (Å²) >= 11 is 0. The van der Waals surface area contributed by atoms with Crippen LogP contribution < -0.4 is 4.18 Å². The van der Waals surface area contributed by atoms with Gasteiger partial charge in [-0.1, -0.05) is 76.5 Å². The zero-order valence-corrected chi connectivity index (χ0v) is 13.9.